The molecule has 0 fully saturated rings. The molecule has 0 aliphatic rings. The molecule has 0 radical (unpaired) electrons. The number of esters is 1. The molecular weight excluding hydrogens is 526 g/mol. The lowest BCUT2D eigenvalue weighted by molar-refractivity contribution is -0.112. The van der Waals surface area contributed by atoms with Gasteiger partial charge in [0, 0.05) is 9.26 Å². The molecule has 32 heavy (non-hydrogen) atoms. The fraction of sp³-hybridized carbons (Fsp3) is 0.0417. The maximum absolute atomic E-state index is 13.3. The second kappa shape index (κ2) is 10.5. The minimum absolute atomic E-state index is 0.0510. The van der Waals surface area contributed by atoms with Crippen molar-refractivity contribution in [1.82, 2.24) is 0 Å². The largest absolute Gasteiger partial charge is 0.493 e. The molecule has 3 rings (SSSR count). The Kier molecular flexibility index (Phi) is 7.57. The van der Waals surface area contributed by atoms with Crippen LogP contribution in [0.25, 0.3) is 6.08 Å². The van der Waals surface area contributed by atoms with E-state index in [1.165, 1.54) is 43.5 Å². The first kappa shape index (κ1) is 23.0. The second-order valence-electron chi connectivity index (χ2n) is 6.44. The van der Waals surface area contributed by atoms with Crippen LogP contribution in [0.5, 0.6) is 11.5 Å². The number of benzene rings is 3. The van der Waals surface area contributed by atoms with Crippen LogP contribution >= 0.6 is 22.6 Å². The lowest BCUT2D eigenvalue weighted by atomic mass is 10.1. The third kappa shape index (κ3) is 5.92. The van der Waals surface area contributed by atoms with Crippen molar-refractivity contribution in [2.45, 2.75) is 0 Å². The molecule has 0 saturated heterocycles. The van der Waals surface area contributed by atoms with E-state index in [9.17, 15) is 19.2 Å². The summed E-state index contributed by atoms with van der Waals surface area (Å²) in [4.78, 5) is 24.8. The number of carbonyl (C=O) groups is 2. The van der Waals surface area contributed by atoms with Gasteiger partial charge in [0.2, 0.25) is 0 Å². The summed E-state index contributed by atoms with van der Waals surface area (Å²) in [5.41, 5.74) is 0.993. The maximum atomic E-state index is 13.3. The molecule has 1 N–H and O–H groups in total. The van der Waals surface area contributed by atoms with Crippen molar-refractivity contribution >= 4 is 46.2 Å². The molecule has 1 amide bonds. The SMILES string of the molecule is COc1cc(/C=C(\C#N)C(=O)Nc2cccc(I)c2)ccc1OC(=O)c1cccc(F)c1. The third-order valence-electron chi connectivity index (χ3n) is 4.21. The Hall–Kier alpha value is -3.71. The molecule has 0 aliphatic carbocycles. The Morgan fingerprint density at radius 3 is 2.53 bits per heavy atom. The van der Waals surface area contributed by atoms with Crippen molar-refractivity contribution in [2.24, 2.45) is 0 Å². The fourth-order valence-electron chi connectivity index (χ4n) is 2.71. The van der Waals surface area contributed by atoms with E-state index in [0.29, 0.717) is 11.3 Å². The summed E-state index contributed by atoms with van der Waals surface area (Å²) in [6, 6.07) is 18.7. The van der Waals surface area contributed by atoms with E-state index in [1.807, 2.05) is 12.1 Å². The quantitative estimate of drug-likeness (QED) is 0.152. The van der Waals surface area contributed by atoms with Gasteiger partial charge in [-0.05, 0) is 82.8 Å². The highest BCUT2D eigenvalue weighted by molar-refractivity contribution is 14.1. The monoisotopic (exact) mass is 542 g/mol. The van der Waals surface area contributed by atoms with Gasteiger partial charge in [0.1, 0.15) is 17.5 Å². The highest BCUT2D eigenvalue weighted by Crippen LogP contribution is 2.30. The highest BCUT2D eigenvalue weighted by Gasteiger charge is 2.15. The van der Waals surface area contributed by atoms with Gasteiger partial charge in [0.25, 0.3) is 5.91 Å². The van der Waals surface area contributed by atoms with Crippen LogP contribution in [0.15, 0.2) is 72.3 Å². The van der Waals surface area contributed by atoms with Gasteiger partial charge in [-0.1, -0.05) is 18.2 Å². The Morgan fingerprint density at radius 1 is 1.06 bits per heavy atom. The number of halogens is 2. The third-order valence-corrected chi connectivity index (χ3v) is 4.88. The lowest BCUT2D eigenvalue weighted by Crippen LogP contribution is -2.13. The van der Waals surface area contributed by atoms with Crippen LogP contribution in [0.2, 0.25) is 0 Å². The number of nitriles is 1. The molecule has 0 unspecified atom stereocenters. The van der Waals surface area contributed by atoms with Crippen LogP contribution in [0.4, 0.5) is 10.1 Å². The van der Waals surface area contributed by atoms with E-state index in [1.54, 1.807) is 24.3 Å². The molecule has 3 aromatic rings. The number of nitrogens with one attached hydrogen (secondary N) is 1. The highest BCUT2D eigenvalue weighted by atomic mass is 127. The minimum atomic E-state index is -0.749. The number of carbonyl (C=O) groups excluding carboxylic acids is 2. The van der Waals surface area contributed by atoms with E-state index in [2.05, 4.69) is 27.9 Å². The zero-order chi connectivity index (χ0) is 23.1. The van der Waals surface area contributed by atoms with Crippen LogP contribution in [-0.2, 0) is 4.79 Å². The molecule has 0 heterocycles. The molecule has 3 aromatic carbocycles. The van der Waals surface area contributed by atoms with E-state index < -0.39 is 17.7 Å². The molecule has 0 atom stereocenters. The summed E-state index contributed by atoms with van der Waals surface area (Å²) in [6.45, 7) is 0. The number of methoxy groups -OCH3 is 1. The smallest absolute Gasteiger partial charge is 0.343 e. The molecule has 6 nitrogen and oxygen atoms in total. The standard InChI is InChI=1S/C24H16FIN2O4/c1-31-22-11-15(8-9-21(22)32-24(30)16-4-2-5-18(25)12-16)10-17(14-27)23(29)28-20-7-3-6-19(26)13-20/h2-13H,1H3,(H,28,29)/b17-10+. The first-order chi connectivity index (χ1) is 15.4. The first-order valence-corrected chi connectivity index (χ1v) is 10.3. The van der Waals surface area contributed by atoms with Crippen LogP contribution in [-0.4, -0.2) is 19.0 Å². The average Bonchev–Trinajstić information content (AvgIpc) is 2.78. The van der Waals surface area contributed by atoms with Gasteiger partial charge in [-0.2, -0.15) is 5.26 Å². The Balaban J connectivity index is 1.80. The molecule has 0 spiro atoms. The normalized spacial score (nSPS) is 10.8. The zero-order valence-electron chi connectivity index (χ0n) is 16.8. The molecule has 160 valence electrons. The summed E-state index contributed by atoms with van der Waals surface area (Å²) < 4.78 is 24.9. The topological polar surface area (TPSA) is 88.4 Å². The number of hydrogen-bond donors (Lipinski definition) is 1. The van der Waals surface area contributed by atoms with Crippen molar-refractivity contribution < 1.29 is 23.5 Å². The number of nitrogens with zero attached hydrogens (tertiary/aromatic N) is 1. The van der Waals surface area contributed by atoms with Gasteiger partial charge in [-0.3, -0.25) is 4.79 Å². The molecule has 8 heteroatoms. The lowest BCUT2D eigenvalue weighted by Gasteiger charge is -2.10. The average molecular weight is 542 g/mol. The number of hydrogen-bond acceptors (Lipinski definition) is 5. The van der Waals surface area contributed by atoms with Crippen LogP contribution < -0.4 is 14.8 Å². The van der Waals surface area contributed by atoms with Crippen molar-refractivity contribution in [1.29, 1.82) is 5.26 Å². The number of anilines is 1. The van der Waals surface area contributed by atoms with E-state index in [0.717, 1.165) is 9.64 Å². The summed E-state index contributed by atoms with van der Waals surface area (Å²) >= 11 is 2.12. The van der Waals surface area contributed by atoms with Crippen LogP contribution in [0.1, 0.15) is 15.9 Å². The predicted octanol–water partition coefficient (Wildman–Crippen LogP) is 5.20. The molecule has 0 bridgehead atoms. The Morgan fingerprint density at radius 2 is 1.84 bits per heavy atom. The van der Waals surface area contributed by atoms with Crippen molar-refractivity contribution in [3.05, 3.63) is 92.8 Å². The number of rotatable bonds is 6. The van der Waals surface area contributed by atoms with E-state index in [4.69, 9.17) is 9.47 Å². The molecule has 0 aliphatic heterocycles. The van der Waals surface area contributed by atoms with Crippen molar-refractivity contribution in [2.75, 3.05) is 12.4 Å². The van der Waals surface area contributed by atoms with E-state index in [-0.39, 0.29) is 22.6 Å². The number of ether oxygens (including phenoxy) is 2. The molecule has 0 saturated carbocycles. The van der Waals surface area contributed by atoms with Crippen LogP contribution in [0, 0.1) is 20.7 Å². The summed E-state index contributed by atoms with van der Waals surface area (Å²) in [7, 11) is 1.39. The number of amides is 1. The van der Waals surface area contributed by atoms with Crippen LogP contribution in [0.3, 0.4) is 0 Å². The predicted molar refractivity (Wildman–Crippen MR) is 126 cm³/mol. The first-order valence-electron chi connectivity index (χ1n) is 9.24. The zero-order valence-corrected chi connectivity index (χ0v) is 18.9. The Bertz CT molecular complexity index is 1250. The van der Waals surface area contributed by atoms with Gasteiger partial charge in [0.05, 0.1) is 12.7 Å². The van der Waals surface area contributed by atoms with Gasteiger partial charge in [0.15, 0.2) is 11.5 Å². The van der Waals surface area contributed by atoms with Gasteiger partial charge >= 0.3 is 5.97 Å². The Labute approximate surface area is 197 Å². The minimum Gasteiger partial charge on any atom is -0.493 e. The maximum Gasteiger partial charge on any atom is 0.343 e. The molecule has 0 aromatic heterocycles. The van der Waals surface area contributed by atoms with Gasteiger partial charge in [-0.25, -0.2) is 9.18 Å². The van der Waals surface area contributed by atoms with Crippen molar-refractivity contribution in [3.8, 4) is 17.6 Å². The van der Waals surface area contributed by atoms with Crippen molar-refractivity contribution in [3.63, 3.8) is 0 Å². The fourth-order valence-corrected chi connectivity index (χ4v) is 3.26. The summed E-state index contributed by atoms with van der Waals surface area (Å²) in [6.07, 6.45) is 1.39. The summed E-state index contributed by atoms with van der Waals surface area (Å²) in [5.74, 6) is -1.55. The van der Waals surface area contributed by atoms with Gasteiger partial charge in [-0.15, -0.1) is 0 Å². The molecular formula is C24H16FIN2O4. The van der Waals surface area contributed by atoms with Gasteiger partial charge < -0.3 is 14.8 Å². The second-order valence-corrected chi connectivity index (χ2v) is 7.69. The summed E-state index contributed by atoms with van der Waals surface area (Å²) in [5, 5.41) is 12.1. The van der Waals surface area contributed by atoms with E-state index >= 15 is 0 Å².